The van der Waals surface area contributed by atoms with Crippen molar-refractivity contribution in [2.45, 2.75) is 31.8 Å². The second-order valence-electron chi connectivity index (χ2n) is 14.9. The number of aromatic nitrogens is 3. The van der Waals surface area contributed by atoms with Crippen LogP contribution < -0.4 is 5.32 Å². The zero-order chi connectivity index (χ0) is 38.7. The minimum absolute atomic E-state index is 0.238. The molecule has 7 aromatic rings. The van der Waals surface area contributed by atoms with Gasteiger partial charge < -0.3 is 5.32 Å². The number of allylic oxidation sites excluding steroid dienone is 9. The van der Waals surface area contributed by atoms with Crippen LogP contribution in [0.5, 0.6) is 0 Å². The second-order valence-corrected chi connectivity index (χ2v) is 14.9. The third-order valence-corrected chi connectivity index (χ3v) is 11.1. The first-order valence-corrected chi connectivity index (χ1v) is 20.1. The lowest BCUT2D eigenvalue weighted by Crippen LogP contribution is -2.24. The predicted molar refractivity (Wildman–Crippen MR) is 239 cm³/mol. The third kappa shape index (κ3) is 7.26. The van der Waals surface area contributed by atoms with Crippen molar-refractivity contribution in [3.63, 3.8) is 0 Å². The number of aliphatic imine (C=N–C) groups is 1. The van der Waals surface area contributed by atoms with Gasteiger partial charge >= 0.3 is 0 Å². The van der Waals surface area contributed by atoms with Gasteiger partial charge in [-0.1, -0.05) is 170 Å². The molecule has 278 valence electrons. The fourth-order valence-electron chi connectivity index (χ4n) is 7.99. The Balaban J connectivity index is 0.976. The Kier molecular flexibility index (Phi) is 9.54. The van der Waals surface area contributed by atoms with Crippen molar-refractivity contribution in [3.8, 4) is 22.5 Å². The van der Waals surface area contributed by atoms with E-state index in [9.17, 15) is 0 Å². The fourth-order valence-corrected chi connectivity index (χ4v) is 7.99. The molecule has 0 saturated carbocycles. The summed E-state index contributed by atoms with van der Waals surface area (Å²) >= 11 is 0. The molecule has 2 aliphatic carbocycles. The van der Waals surface area contributed by atoms with Crippen LogP contribution in [0.2, 0.25) is 0 Å². The van der Waals surface area contributed by atoms with Crippen LogP contribution in [0.15, 0.2) is 193 Å². The van der Waals surface area contributed by atoms with Gasteiger partial charge in [-0.25, -0.2) is 15.0 Å². The van der Waals surface area contributed by atoms with Crippen molar-refractivity contribution in [3.05, 3.63) is 222 Å². The molecule has 10 rings (SSSR count). The molecular weight excluding hydrogens is 707 g/mol. The quantitative estimate of drug-likeness (QED) is 0.168. The van der Waals surface area contributed by atoms with Crippen LogP contribution in [0.3, 0.4) is 0 Å². The lowest BCUT2D eigenvalue weighted by Gasteiger charge is -2.25. The van der Waals surface area contributed by atoms with Gasteiger partial charge in [-0.3, -0.25) is 4.99 Å². The number of fused-ring (bicyclic) bond motifs is 1. The van der Waals surface area contributed by atoms with E-state index in [2.05, 4.69) is 175 Å². The van der Waals surface area contributed by atoms with E-state index in [1.807, 2.05) is 18.2 Å². The van der Waals surface area contributed by atoms with Crippen molar-refractivity contribution in [1.82, 2.24) is 20.3 Å². The summed E-state index contributed by atoms with van der Waals surface area (Å²) in [6.07, 6.45) is 16.8. The van der Waals surface area contributed by atoms with Crippen LogP contribution in [0.4, 0.5) is 0 Å². The van der Waals surface area contributed by atoms with Gasteiger partial charge in [-0.15, -0.1) is 0 Å². The SMILES string of the molecule is C1=CC(c2cc(-c3ccccc3)nc(C3=CC=C(c4cc5ccccc5c(-c5ccc(C6N=C(c7ccccc7)C=C(c7ccccc7)N6)cc5)n4)CC3)n2)=CCC1. The first kappa shape index (κ1) is 35.2. The van der Waals surface area contributed by atoms with Crippen LogP contribution >= 0.6 is 0 Å². The molecule has 5 heteroatoms. The van der Waals surface area contributed by atoms with Crippen LogP contribution in [-0.4, -0.2) is 20.7 Å². The largest absolute Gasteiger partial charge is 0.360 e. The molecule has 0 saturated heterocycles. The maximum atomic E-state index is 5.37. The highest BCUT2D eigenvalue weighted by Crippen LogP contribution is 2.36. The summed E-state index contributed by atoms with van der Waals surface area (Å²) in [7, 11) is 0. The molecule has 5 nitrogen and oxygen atoms in total. The summed E-state index contributed by atoms with van der Waals surface area (Å²) < 4.78 is 0. The molecule has 1 N–H and O–H groups in total. The van der Waals surface area contributed by atoms with Crippen LogP contribution in [-0.2, 0) is 0 Å². The van der Waals surface area contributed by atoms with E-state index in [0.29, 0.717) is 0 Å². The second kappa shape index (κ2) is 15.7. The van der Waals surface area contributed by atoms with Gasteiger partial charge in [0.05, 0.1) is 28.5 Å². The average Bonchev–Trinajstić information content (AvgIpc) is 3.32. The van der Waals surface area contributed by atoms with Crippen molar-refractivity contribution >= 4 is 38.9 Å². The van der Waals surface area contributed by atoms with Gasteiger partial charge in [0, 0.05) is 22.2 Å². The van der Waals surface area contributed by atoms with E-state index in [1.165, 1.54) is 11.0 Å². The minimum atomic E-state index is -0.238. The molecule has 0 amide bonds. The van der Waals surface area contributed by atoms with Crippen molar-refractivity contribution in [2.24, 2.45) is 4.99 Å². The number of rotatable bonds is 8. The molecule has 1 aliphatic heterocycles. The highest BCUT2D eigenvalue weighted by atomic mass is 15.1. The Morgan fingerprint density at radius 3 is 1.93 bits per heavy atom. The molecule has 0 bridgehead atoms. The summed E-state index contributed by atoms with van der Waals surface area (Å²) in [5, 5.41) is 6.00. The number of nitrogens with zero attached hydrogens (tertiary/aromatic N) is 4. The van der Waals surface area contributed by atoms with E-state index in [4.69, 9.17) is 19.9 Å². The van der Waals surface area contributed by atoms with Gasteiger partial charge in [0.2, 0.25) is 0 Å². The van der Waals surface area contributed by atoms with Crippen LogP contribution in [0.25, 0.3) is 55.7 Å². The third-order valence-electron chi connectivity index (χ3n) is 11.1. The lowest BCUT2D eigenvalue weighted by atomic mass is 9.93. The highest BCUT2D eigenvalue weighted by molar-refractivity contribution is 6.13. The zero-order valence-electron chi connectivity index (χ0n) is 32.1. The number of hydrogen-bond acceptors (Lipinski definition) is 5. The summed E-state index contributed by atoms with van der Waals surface area (Å²) in [5.74, 6) is 0.790. The number of hydrogen-bond donors (Lipinski definition) is 1. The Labute approximate surface area is 339 Å². The Hall–Kier alpha value is -7.24. The van der Waals surface area contributed by atoms with Gasteiger partial charge in [-0.2, -0.15) is 0 Å². The van der Waals surface area contributed by atoms with E-state index >= 15 is 0 Å². The zero-order valence-corrected chi connectivity index (χ0v) is 32.1. The monoisotopic (exact) mass is 747 g/mol. The lowest BCUT2D eigenvalue weighted by molar-refractivity contribution is 0.664. The topological polar surface area (TPSA) is 63.1 Å². The van der Waals surface area contributed by atoms with Crippen LogP contribution in [0.1, 0.15) is 65.8 Å². The molecule has 5 aromatic carbocycles. The van der Waals surface area contributed by atoms with Gasteiger partial charge in [0.1, 0.15) is 6.17 Å². The molecule has 58 heavy (non-hydrogen) atoms. The Morgan fingerprint density at radius 1 is 0.534 bits per heavy atom. The maximum Gasteiger partial charge on any atom is 0.156 e. The minimum Gasteiger partial charge on any atom is -0.360 e. The fraction of sp³-hybridized carbons (Fsp3) is 0.0943. The molecule has 1 unspecified atom stereocenters. The summed E-state index contributed by atoms with van der Waals surface area (Å²) in [4.78, 5) is 20.8. The number of benzene rings is 5. The van der Waals surface area contributed by atoms with E-state index in [0.717, 1.165) is 110 Å². The normalized spacial score (nSPS) is 16.4. The van der Waals surface area contributed by atoms with E-state index in [1.54, 1.807) is 0 Å². The molecule has 3 heterocycles. The average molecular weight is 748 g/mol. The van der Waals surface area contributed by atoms with E-state index in [-0.39, 0.29) is 6.17 Å². The van der Waals surface area contributed by atoms with Gasteiger partial charge in [-0.05, 0) is 82.7 Å². The van der Waals surface area contributed by atoms with Crippen molar-refractivity contribution < 1.29 is 0 Å². The Bertz CT molecular complexity index is 2830. The molecule has 0 radical (unpaired) electrons. The van der Waals surface area contributed by atoms with Crippen LogP contribution in [0, 0.1) is 0 Å². The number of pyridine rings is 1. The first-order valence-electron chi connectivity index (χ1n) is 20.1. The standard InChI is InChI=1S/C53H41N5/c1-5-15-36(16-6-1)47-34-48(37-17-7-2-8-18-37)56-52(55-47)42-29-25-40(26-30-42)46-33-44-23-13-14-24-45(44)51(54-46)41-27-31-43(32-28-41)53-57-49(38-19-9-3-10-20-38)35-50(58-53)39-21-11-4-12-22-39/h1,3-7,9-25,27-29,31-35,53,57H,2,8,26,30H2. The van der Waals surface area contributed by atoms with E-state index < -0.39 is 0 Å². The molecule has 3 aliphatic rings. The molecule has 0 fully saturated rings. The first-order chi connectivity index (χ1) is 28.7. The Morgan fingerprint density at radius 2 is 1.21 bits per heavy atom. The highest BCUT2D eigenvalue weighted by Gasteiger charge is 2.21. The number of nitrogens with one attached hydrogen (secondary N) is 1. The summed E-state index contributed by atoms with van der Waals surface area (Å²) in [6, 6.07) is 52.9. The van der Waals surface area contributed by atoms with Crippen molar-refractivity contribution in [1.29, 1.82) is 0 Å². The van der Waals surface area contributed by atoms with Gasteiger partial charge in [0.15, 0.2) is 5.82 Å². The van der Waals surface area contributed by atoms with Gasteiger partial charge in [0.25, 0.3) is 0 Å². The molecule has 1 atom stereocenters. The molecular formula is C53H41N5. The molecule has 0 spiro atoms. The predicted octanol–water partition coefficient (Wildman–Crippen LogP) is 12.5. The molecule has 2 aromatic heterocycles. The maximum absolute atomic E-state index is 5.37. The summed E-state index contributed by atoms with van der Waals surface area (Å²) in [5.41, 5.74) is 14.9. The smallest absolute Gasteiger partial charge is 0.156 e. The van der Waals surface area contributed by atoms with Crippen molar-refractivity contribution in [2.75, 3.05) is 0 Å². The summed E-state index contributed by atoms with van der Waals surface area (Å²) in [6.45, 7) is 0.